The first-order valence-corrected chi connectivity index (χ1v) is 6.75. The molecule has 1 unspecified atom stereocenters. The molecular formula is C13H23N3O2. The van der Waals surface area contributed by atoms with Gasteiger partial charge in [0, 0.05) is 33.0 Å². The molecule has 1 spiro atoms. The molecule has 0 aromatic heterocycles. The summed E-state index contributed by atoms with van der Waals surface area (Å²) in [6.45, 7) is 2.58. The minimum atomic E-state index is -0.0120. The first kappa shape index (κ1) is 13.3. The van der Waals surface area contributed by atoms with Gasteiger partial charge in [0.25, 0.3) is 0 Å². The highest BCUT2D eigenvalue weighted by atomic mass is 16.2. The Labute approximate surface area is 108 Å². The number of piperidine rings is 1. The molecular weight excluding hydrogens is 230 g/mol. The number of hydrogen-bond donors (Lipinski definition) is 2. The Morgan fingerprint density at radius 2 is 2.06 bits per heavy atom. The monoisotopic (exact) mass is 253 g/mol. The van der Waals surface area contributed by atoms with E-state index in [2.05, 4.69) is 10.6 Å². The molecule has 2 aliphatic rings. The summed E-state index contributed by atoms with van der Waals surface area (Å²) < 4.78 is 0. The van der Waals surface area contributed by atoms with Gasteiger partial charge in [-0.1, -0.05) is 0 Å². The van der Waals surface area contributed by atoms with Crippen molar-refractivity contribution in [2.75, 3.05) is 33.7 Å². The second-order valence-corrected chi connectivity index (χ2v) is 5.55. The molecule has 18 heavy (non-hydrogen) atoms. The van der Waals surface area contributed by atoms with Gasteiger partial charge >= 0.3 is 0 Å². The van der Waals surface area contributed by atoms with E-state index in [1.54, 1.807) is 19.0 Å². The maximum atomic E-state index is 12.3. The fourth-order valence-electron chi connectivity index (χ4n) is 2.94. The van der Waals surface area contributed by atoms with Crippen LogP contribution in [0.25, 0.3) is 0 Å². The highest BCUT2D eigenvalue weighted by molar-refractivity contribution is 5.83. The van der Waals surface area contributed by atoms with Crippen molar-refractivity contribution in [3.05, 3.63) is 0 Å². The van der Waals surface area contributed by atoms with Crippen molar-refractivity contribution < 1.29 is 9.59 Å². The van der Waals surface area contributed by atoms with Gasteiger partial charge in [0.05, 0.1) is 0 Å². The Bertz CT molecular complexity index is 337. The minimum absolute atomic E-state index is 0.0120. The zero-order valence-electron chi connectivity index (χ0n) is 11.3. The third-order valence-corrected chi connectivity index (χ3v) is 4.42. The van der Waals surface area contributed by atoms with Gasteiger partial charge in [-0.25, -0.2) is 0 Å². The number of carbonyl (C=O) groups excluding carboxylic acids is 2. The number of nitrogens with zero attached hydrogens (tertiary/aromatic N) is 1. The third-order valence-electron chi connectivity index (χ3n) is 4.42. The van der Waals surface area contributed by atoms with Crippen molar-refractivity contribution in [2.45, 2.75) is 25.7 Å². The van der Waals surface area contributed by atoms with Crippen molar-refractivity contribution in [3.63, 3.8) is 0 Å². The van der Waals surface area contributed by atoms with Crippen LogP contribution in [0, 0.1) is 11.3 Å². The number of amides is 2. The smallest absolute Gasteiger partial charge is 0.226 e. The Kier molecular flexibility index (Phi) is 3.90. The summed E-state index contributed by atoms with van der Waals surface area (Å²) in [6, 6.07) is 0. The normalized spacial score (nSPS) is 24.7. The van der Waals surface area contributed by atoms with E-state index in [-0.39, 0.29) is 23.1 Å². The predicted molar refractivity (Wildman–Crippen MR) is 69.0 cm³/mol. The first-order valence-electron chi connectivity index (χ1n) is 6.75. The van der Waals surface area contributed by atoms with Crippen LogP contribution >= 0.6 is 0 Å². The van der Waals surface area contributed by atoms with E-state index < -0.39 is 0 Å². The van der Waals surface area contributed by atoms with Gasteiger partial charge in [-0.15, -0.1) is 0 Å². The average Bonchev–Trinajstić information content (AvgIpc) is 3.08. The number of hydrogen-bond acceptors (Lipinski definition) is 3. The van der Waals surface area contributed by atoms with Gasteiger partial charge < -0.3 is 15.5 Å². The molecule has 5 heteroatoms. The van der Waals surface area contributed by atoms with E-state index in [9.17, 15) is 9.59 Å². The second-order valence-electron chi connectivity index (χ2n) is 5.55. The lowest BCUT2D eigenvalue weighted by molar-refractivity contribution is -0.132. The van der Waals surface area contributed by atoms with Gasteiger partial charge in [-0.2, -0.15) is 0 Å². The molecule has 1 heterocycles. The van der Waals surface area contributed by atoms with Crippen LogP contribution in [0.4, 0.5) is 0 Å². The molecule has 102 valence electrons. The van der Waals surface area contributed by atoms with Crippen LogP contribution < -0.4 is 10.6 Å². The lowest BCUT2D eigenvalue weighted by atomic mass is 9.91. The zero-order chi connectivity index (χ0) is 13.2. The lowest BCUT2D eigenvalue weighted by Gasteiger charge is -2.25. The molecule has 1 atom stereocenters. The van der Waals surface area contributed by atoms with Gasteiger partial charge in [-0.3, -0.25) is 9.59 Å². The number of carbonyl (C=O) groups is 2. The second kappa shape index (κ2) is 5.26. The molecule has 2 rings (SSSR count). The highest BCUT2D eigenvalue weighted by Gasteiger charge is 2.58. The zero-order valence-corrected chi connectivity index (χ0v) is 11.3. The van der Waals surface area contributed by atoms with Crippen molar-refractivity contribution in [1.82, 2.24) is 15.5 Å². The van der Waals surface area contributed by atoms with Gasteiger partial charge in [0.2, 0.25) is 11.8 Å². The Balaban J connectivity index is 1.79. The molecule has 2 amide bonds. The standard InChI is InChI=1S/C13H23N3O2/c1-14-11(17)3-8-16(2)12(18)10-9-13(10)4-6-15-7-5-13/h10,15H,3-9H2,1-2H3,(H,14,17). The maximum absolute atomic E-state index is 12.3. The predicted octanol–water partition coefficient (Wildman–Crippen LogP) is -0.0294. The molecule has 1 aliphatic heterocycles. The summed E-state index contributed by atoms with van der Waals surface area (Å²) in [5.41, 5.74) is 0.281. The van der Waals surface area contributed by atoms with Crippen molar-refractivity contribution >= 4 is 11.8 Å². The molecule has 2 N–H and O–H groups in total. The van der Waals surface area contributed by atoms with Gasteiger partial charge in [0.1, 0.15) is 0 Å². The van der Waals surface area contributed by atoms with E-state index in [1.807, 2.05) is 0 Å². The number of rotatable bonds is 4. The fourth-order valence-corrected chi connectivity index (χ4v) is 2.94. The van der Waals surface area contributed by atoms with E-state index in [1.165, 1.54) is 0 Å². The van der Waals surface area contributed by atoms with Crippen LogP contribution in [0.3, 0.4) is 0 Å². The highest BCUT2D eigenvalue weighted by Crippen LogP contribution is 2.59. The van der Waals surface area contributed by atoms with Crippen molar-refractivity contribution in [3.8, 4) is 0 Å². The van der Waals surface area contributed by atoms with Gasteiger partial charge in [0.15, 0.2) is 0 Å². The summed E-state index contributed by atoms with van der Waals surface area (Å²) >= 11 is 0. The molecule has 0 radical (unpaired) electrons. The van der Waals surface area contributed by atoms with E-state index in [0.29, 0.717) is 13.0 Å². The minimum Gasteiger partial charge on any atom is -0.359 e. The van der Waals surface area contributed by atoms with E-state index in [0.717, 1.165) is 32.4 Å². The Morgan fingerprint density at radius 3 is 2.67 bits per heavy atom. The molecule has 5 nitrogen and oxygen atoms in total. The van der Waals surface area contributed by atoms with Gasteiger partial charge in [-0.05, 0) is 37.8 Å². The van der Waals surface area contributed by atoms with Crippen LogP contribution in [0.2, 0.25) is 0 Å². The quantitative estimate of drug-likeness (QED) is 0.739. The third kappa shape index (κ3) is 2.66. The molecule has 1 saturated carbocycles. The maximum Gasteiger partial charge on any atom is 0.226 e. The Morgan fingerprint density at radius 1 is 1.39 bits per heavy atom. The summed E-state index contributed by atoms with van der Waals surface area (Å²) in [4.78, 5) is 25.1. The lowest BCUT2D eigenvalue weighted by Crippen LogP contribution is -2.36. The largest absolute Gasteiger partial charge is 0.359 e. The molecule has 0 aromatic rings. The van der Waals surface area contributed by atoms with E-state index >= 15 is 0 Å². The van der Waals surface area contributed by atoms with Crippen LogP contribution in [-0.2, 0) is 9.59 Å². The SMILES string of the molecule is CNC(=O)CCN(C)C(=O)C1CC12CCNCC2. The molecule has 0 bridgehead atoms. The summed E-state index contributed by atoms with van der Waals surface area (Å²) in [7, 11) is 3.42. The Hall–Kier alpha value is -1.10. The van der Waals surface area contributed by atoms with Crippen LogP contribution in [0.5, 0.6) is 0 Å². The molecule has 0 aromatic carbocycles. The van der Waals surface area contributed by atoms with Crippen molar-refractivity contribution in [2.24, 2.45) is 11.3 Å². The first-order chi connectivity index (χ1) is 8.59. The van der Waals surface area contributed by atoms with Crippen LogP contribution in [-0.4, -0.2) is 50.4 Å². The number of nitrogens with one attached hydrogen (secondary N) is 2. The summed E-state index contributed by atoms with van der Waals surface area (Å²) in [5, 5.41) is 5.91. The topological polar surface area (TPSA) is 61.4 Å². The van der Waals surface area contributed by atoms with Crippen molar-refractivity contribution in [1.29, 1.82) is 0 Å². The summed E-state index contributed by atoms with van der Waals surface area (Å²) in [6.07, 6.45) is 3.66. The van der Waals surface area contributed by atoms with Crippen LogP contribution in [0.1, 0.15) is 25.7 Å². The van der Waals surface area contributed by atoms with Crippen LogP contribution in [0.15, 0.2) is 0 Å². The average molecular weight is 253 g/mol. The fraction of sp³-hybridized carbons (Fsp3) is 0.846. The summed E-state index contributed by atoms with van der Waals surface area (Å²) in [5.74, 6) is 0.414. The van der Waals surface area contributed by atoms with E-state index in [4.69, 9.17) is 0 Å². The molecule has 2 fully saturated rings. The molecule has 1 saturated heterocycles. The molecule has 1 aliphatic carbocycles.